The fraction of sp³-hybridized carbons (Fsp3) is 0.556. The van der Waals surface area contributed by atoms with Gasteiger partial charge in [-0.25, -0.2) is 15.0 Å². The number of nitrogens with zero attached hydrogens (tertiary/aromatic N) is 5. The summed E-state index contributed by atoms with van der Waals surface area (Å²) in [5, 5.41) is 0. The SMILES string of the molecule is CC(C)(C)c1cc(N2CC3CN(C(=O)c4cnc[nH]4)CC3C2)ncn1. The summed E-state index contributed by atoms with van der Waals surface area (Å²) in [6.45, 7) is 9.98. The van der Waals surface area contributed by atoms with E-state index in [2.05, 4.69) is 51.7 Å². The second-order valence-electron chi connectivity index (χ2n) is 8.11. The molecule has 7 nitrogen and oxygen atoms in total. The fourth-order valence-corrected chi connectivity index (χ4v) is 3.82. The molecule has 0 saturated carbocycles. The molecule has 0 radical (unpaired) electrons. The van der Waals surface area contributed by atoms with Gasteiger partial charge in [-0.15, -0.1) is 0 Å². The molecule has 2 aliphatic rings. The summed E-state index contributed by atoms with van der Waals surface area (Å²) in [6.07, 6.45) is 4.81. The third kappa shape index (κ3) is 2.99. The zero-order valence-corrected chi connectivity index (χ0v) is 14.9. The van der Waals surface area contributed by atoms with Gasteiger partial charge in [0, 0.05) is 49.5 Å². The number of hydrogen-bond acceptors (Lipinski definition) is 5. The highest BCUT2D eigenvalue weighted by Crippen LogP contribution is 2.34. The minimum atomic E-state index is 0.0145. The third-order valence-corrected chi connectivity index (χ3v) is 5.25. The van der Waals surface area contributed by atoms with Gasteiger partial charge in [0.05, 0.1) is 18.2 Å². The molecule has 2 fully saturated rings. The predicted octanol–water partition coefficient (Wildman–Crippen LogP) is 1.71. The number of aromatic amines is 1. The average molecular weight is 340 g/mol. The number of aromatic nitrogens is 4. The molecule has 132 valence electrons. The molecule has 2 saturated heterocycles. The van der Waals surface area contributed by atoms with Gasteiger partial charge in [0.15, 0.2) is 0 Å². The number of nitrogens with one attached hydrogen (secondary N) is 1. The highest BCUT2D eigenvalue weighted by molar-refractivity contribution is 5.92. The number of hydrogen-bond donors (Lipinski definition) is 1. The lowest BCUT2D eigenvalue weighted by Crippen LogP contribution is -2.33. The van der Waals surface area contributed by atoms with Gasteiger partial charge in [-0.1, -0.05) is 20.8 Å². The maximum absolute atomic E-state index is 12.5. The molecule has 0 aliphatic carbocycles. The van der Waals surface area contributed by atoms with E-state index in [9.17, 15) is 4.79 Å². The molecule has 4 rings (SSSR count). The van der Waals surface area contributed by atoms with Crippen LogP contribution in [0.25, 0.3) is 0 Å². The molecule has 25 heavy (non-hydrogen) atoms. The lowest BCUT2D eigenvalue weighted by molar-refractivity contribution is 0.0777. The van der Waals surface area contributed by atoms with E-state index in [0.29, 0.717) is 17.5 Å². The van der Waals surface area contributed by atoms with E-state index in [1.54, 1.807) is 18.9 Å². The first-order valence-electron chi connectivity index (χ1n) is 8.77. The van der Waals surface area contributed by atoms with Crippen LogP contribution in [-0.2, 0) is 5.41 Å². The number of carbonyl (C=O) groups excluding carboxylic acids is 1. The Kier molecular flexibility index (Phi) is 3.74. The Morgan fingerprint density at radius 3 is 2.48 bits per heavy atom. The molecule has 2 atom stereocenters. The maximum Gasteiger partial charge on any atom is 0.271 e. The first kappa shape index (κ1) is 16.1. The highest BCUT2D eigenvalue weighted by atomic mass is 16.2. The van der Waals surface area contributed by atoms with E-state index in [1.165, 1.54) is 0 Å². The van der Waals surface area contributed by atoms with Crippen molar-refractivity contribution in [1.29, 1.82) is 0 Å². The predicted molar refractivity (Wildman–Crippen MR) is 94.4 cm³/mol. The van der Waals surface area contributed by atoms with Crippen molar-refractivity contribution in [2.75, 3.05) is 31.1 Å². The minimum absolute atomic E-state index is 0.0145. The summed E-state index contributed by atoms with van der Waals surface area (Å²) in [7, 11) is 0. The van der Waals surface area contributed by atoms with E-state index >= 15 is 0 Å². The number of imidazole rings is 1. The van der Waals surface area contributed by atoms with Crippen molar-refractivity contribution >= 4 is 11.7 Å². The number of H-pyrrole nitrogens is 1. The highest BCUT2D eigenvalue weighted by Gasteiger charge is 2.42. The average Bonchev–Trinajstić information content (AvgIpc) is 3.29. The Labute approximate surface area is 147 Å². The fourth-order valence-electron chi connectivity index (χ4n) is 3.82. The molecule has 2 aliphatic heterocycles. The van der Waals surface area contributed by atoms with Crippen LogP contribution >= 0.6 is 0 Å². The number of amides is 1. The minimum Gasteiger partial charge on any atom is -0.356 e. The van der Waals surface area contributed by atoms with Gasteiger partial charge < -0.3 is 14.8 Å². The third-order valence-electron chi connectivity index (χ3n) is 5.25. The van der Waals surface area contributed by atoms with Crippen LogP contribution in [0.2, 0.25) is 0 Å². The normalized spacial score (nSPS) is 23.2. The van der Waals surface area contributed by atoms with Gasteiger partial charge in [0.1, 0.15) is 17.8 Å². The summed E-state index contributed by atoms with van der Waals surface area (Å²) in [5.41, 5.74) is 1.65. The molecular weight excluding hydrogens is 316 g/mol. The van der Waals surface area contributed by atoms with Crippen LogP contribution in [0.15, 0.2) is 24.9 Å². The standard InChI is InChI=1S/C18H24N6O/c1-18(2,3)15-4-16(22-11-21-15)23-6-12-8-24(9-13(12)7-23)17(25)14-5-19-10-20-14/h4-5,10-13H,6-9H2,1-3H3,(H,19,20). The van der Waals surface area contributed by atoms with Crippen LogP contribution in [-0.4, -0.2) is 56.9 Å². The molecule has 0 bridgehead atoms. The van der Waals surface area contributed by atoms with Gasteiger partial charge in [-0.3, -0.25) is 4.79 Å². The van der Waals surface area contributed by atoms with Crippen LogP contribution in [0, 0.1) is 11.8 Å². The lowest BCUT2D eigenvalue weighted by atomic mass is 9.92. The molecule has 0 spiro atoms. The van der Waals surface area contributed by atoms with Crippen LogP contribution in [0.4, 0.5) is 5.82 Å². The zero-order chi connectivity index (χ0) is 17.6. The van der Waals surface area contributed by atoms with E-state index in [0.717, 1.165) is 37.7 Å². The van der Waals surface area contributed by atoms with E-state index in [4.69, 9.17) is 0 Å². The van der Waals surface area contributed by atoms with Crippen molar-refractivity contribution in [3.05, 3.63) is 36.3 Å². The zero-order valence-electron chi connectivity index (χ0n) is 14.9. The van der Waals surface area contributed by atoms with Crippen LogP contribution in [0.5, 0.6) is 0 Å². The molecule has 1 amide bonds. The maximum atomic E-state index is 12.5. The van der Waals surface area contributed by atoms with Gasteiger partial charge in [0.25, 0.3) is 5.91 Å². The molecule has 1 N–H and O–H groups in total. The van der Waals surface area contributed by atoms with Crippen molar-refractivity contribution < 1.29 is 4.79 Å². The Hall–Kier alpha value is -2.44. The molecule has 2 aromatic rings. The Morgan fingerprint density at radius 2 is 1.88 bits per heavy atom. The molecule has 0 aromatic carbocycles. The van der Waals surface area contributed by atoms with Gasteiger partial charge in [-0.2, -0.15) is 0 Å². The number of anilines is 1. The van der Waals surface area contributed by atoms with Crippen LogP contribution < -0.4 is 4.90 Å². The molecule has 7 heteroatoms. The topological polar surface area (TPSA) is 78.0 Å². The van der Waals surface area contributed by atoms with Crippen LogP contribution in [0.1, 0.15) is 37.0 Å². The Morgan fingerprint density at radius 1 is 1.16 bits per heavy atom. The van der Waals surface area contributed by atoms with E-state index < -0.39 is 0 Å². The number of carbonyl (C=O) groups is 1. The largest absolute Gasteiger partial charge is 0.356 e. The van der Waals surface area contributed by atoms with Gasteiger partial charge in [0.2, 0.25) is 0 Å². The lowest BCUT2D eigenvalue weighted by Gasteiger charge is -2.24. The second kappa shape index (κ2) is 5.82. The van der Waals surface area contributed by atoms with Crippen molar-refractivity contribution in [2.45, 2.75) is 26.2 Å². The molecule has 2 unspecified atom stereocenters. The van der Waals surface area contributed by atoms with Crippen molar-refractivity contribution in [3.63, 3.8) is 0 Å². The summed E-state index contributed by atoms with van der Waals surface area (Å²) in [4.78, 5) is 32.5. The Bertz CT molecular complexity index is 752. The summed E-state index contributed by atoms with van der Waals surface area (Å²) in [6, 6.07) is 2.11. The first-order chi connectivity index (χ1) is 11.9. The van der Waals surface area contributed by atoms with Crippen LogP contribution in [0.3, 0.4) is 0 Å². The summed E-state index contributed by atoms with van der Waals surface area (Å²) < 4.78 is 0. The second-order valence-corrected chi connectivity index (χ2v) is 8.11. The number of fused-ring (bicyclic) bond motifs is 1. The van der Waals surface area contributed by atoms with Gasteiger partial charge in [-0.05, 0) is 0 Å². The monoisotopic (exact) mass is 340 g/mol. The van der Waals surface area contributed by atoms with Crippen molar-refractivity contribution in [1.82, 2.24) is 24.8 Å². The molecular formula is C18H24N6O. The summed E-state index contributed by atoms with van der Waals surface area (Å²) in [5.74, 6) is 2.05. The van der Waals surface area contributed by atoms with Crippen molar-refractivity contribution in [3.8, 4) is 0 Å². The smallest absolute Gasteiger partial charge is 0.271 e. The van der Waals surface area contributed by atoms with Gasteiger partial charge >= 0.3 is 0 Å². The molecule has 2 aromatic heterocycles. The van der Waals surface area contributed by atoms with Crippen molar-refractivity contribution in [2.24, 2.45) is 11.8 Å². The molecule has 4 heterocycles. The van der Waals surface area contributed by atoms with E-state index in [-0.39, 0.29) is 11.3 Å². The summed E-state index contributed by atoms with van der Waals surface area (Å²) >= 11 is 0. The number of rotatable bonds is 2. The first-order valence-corrected chi connectivity index (χ1v) is 8.77. The number of likely N-dealkylation sites (tertiary alicyclic amines) is 1. The van der Waals surface area contributed by atoms with E-state index in [1.807, 2.05) is 4.90 Å². The Balaban J connectivity index is 1.44. The quantitative estimate of drug-likeness (QED) is 0.900.